The first-order chi connectivity index (χ1) is 19.5. The first kappa shape index (κ1) is 36.8. The van der Waals surface area contributed by atoms with E-state index in [-0.39, 0.29) is 17.8 Å². The zero-order chi connectivity index (χ0) is 32.6. The molecule has 240 valence electrons. The second-order valence-corrected chi connectivity index (χ2v) is 11.6. The van der Waals surface area contributed by atoms with Crippen LogP contribution < -0.4 is 0 Å². The first-order valence-electron chi connectivity index (χ1n) is 14.9. The van der Waals surface area contributed by atoms with Crippen molar-refractivity contribution in [2.75, 3.05) is 21.1 Å². The number of esters is 3. The summed E-state index contributed by atoms with van der Waals surface area (Å²) in [6, 6.07) is -3.23. The summed E-state index contributed by atoms with van der Waals surface area (Å²) in [6.07, 6.45) is -2.32. The standard InChI is InChI=1S/C30H51N3O9/c1-13-16(4)22-28(37)40-20(8)26(35)32(11)24(18(6)15-3)30(39)42-21(9)27(36)33(12)23(17(5)14-2)29(38)41-19(7)25(34)31(22)10/h16-24H,13-15H2,1-12H3/t16-,17-,18-,19+,20+,21+,22-,23-,24-/m0/s1. The fourth-order valence-corrected chi connectivity index (χ4v) is 5.14. The van der Waals surface area contributed by atoms with Crippen molar-refractivity contribution in [1.82, 2.24) is 14.7 Å². The van der Waals surface area contributed by atoms with Crippen molar-refractivity contribution in [2.45, 2.75) is 118 Å². The maximum Gasteiger partial charge on any atom is 0.329 e. The van der Waals surface area contributed by atoms with Gasteiger partial charge in [-0.25, -0.2) is 14.4 Å². The first-order valence-corrected chi connectivity index (χ1v) is 14.9. The summed E-state index contributed by atoms with van der Waals surface area (Å²) in [5.74, 6) is -5.39. The quantitative estimate of drug-likeness (QED) is 0.334. The largest absolute Gasteiger partial charge is 0.451 e. The Bertz CT molecular complexity index is 879. The molecule has 1 fully saturated rings. The van der Waals surface area contributed by atoms with E-state index in [1.54, 1.807) is 20.8 Å². The Balaban J connectivity index is 3.71. The van der Waals surface area contributed by atoms with Crippen molar-refractivity contribution in [2.24, 2.45) is 17.8 Å². The predicted molar refractivity (Wildman–Crippen MR) is 155 cm³/mol. The van der Waals surface area contributed by atoms with Gasteiger partial charge in [0, 0.05) is 21.1 Å². The lowest BCUT2D eigenvalue weighted by Gasteiger charge is -2.37. The number of hydrogen-bond acceptors (Lipinski definition) is 9. The molecule has 3 amide bonds. The van der Waals surface area contributed by atoms with Crippen LogP contribution in [0.1, 0.15) is 81.6 Å². The number of ether oxygens (including phenoxy) is 3. The lowest BCUT2D eigenvalue weighted by atomic mass is 9.96. The Kier molecular flexibility index (Phi) is 13.9. The van der Waals surface area contributed by atoms with Crippen molar-refractivity contribution in [3.05, 3.63) is 0 Å². The second kappa shape index (κ2) is 15.9. The van der Waals surface area contributed by atoms with Crippen molar-refractivity contribution in [3.8, 4) is 0 Å². The van der Waals surface area contributed by atoms with Crippen LogP contribution in [-0.4, -0.2) is 108 Å². The zero-order valence-electron chi connectivity index (χ0n) is 27.3. The summed E-state index contributed by atoms with van der Waals surface area (Å²) < 4.78 is 16.7. The van der Waals surface area contributed by atoms with Gasteiger partial charge in [-0.1, -0.05) is 60.8 Å². The molecule has 0 aromatic carbocycles. The molecule has 0 aliphatic carbocycles. The van der Waals surface area contributed by atoms with Crippen LogP contribution in [0.25, 0.3) is 0 Å². The molecule has 0 N–H and O–H groups in total. The van der Waals surface area contributed by atoms with Gasteiger partial charge in [0.1, 0.15) is 18.1 Å². The van der Waals surface area contributed by atoms with Gasteiger partial charge in [0.15, 0.2) is 18.3 Å². The molecule has 1 aliphatic heterocycles. The molecule has 1 rings (SSSR count). The molecular weight excluding hydrogens is 546 g/mol. The number of amides is 3. The third-order valence-electron chi connectivity index (χ3n) is 8.49. The number of carbonyl (C=O) groups excluding carboxylic acids is 6. The molecule has 0 aromatic rings. The lowest BCUT2D eigenvalue weighted by Crippen LogP contribution is -2.56. The van der Waals surface area contributed by atoms with Gasteiger partial charge in [0.05, 0.1) is 0 Å². The monoisotopic (exact) mass is 597 g/mol. The van der Waals surface area contributed by atoms with Gasteiger partial charge in [-0.15, -0.1) is 0 Å². The fourth-order valence-electron chi connectivity index (χ4n) is 5.14. The van der Waals surface area contributed by atoms with Crippen LogP contribution in [0.4, 0.5) is 0 Å². The van der Waals surface area contributed by atoms with Crippen LogP contribution in [0.15, 0.2) is 0 Å². The number of likely N-dealkylation sites (N-methyl/N-ethyl adjacent to an activating group) is 3. The average Bonchev–Trinajstić information content (AvgIpc) is 2.94. The van der Waals surface area contributed by atoms with Gasteiger partial charge in [0.2, 0.25) is 0 Å². The van der Waals surface area contributed by atoms with Gasteiger partial charge in [-0.2, -0.15) is 0 Å². The smallest absolute Gasteiger partial charge is 0.329 e. The second-order valence-electron chi connectivity index (χ2n) is 11.6. The summed E-state index contributed by atoms with van der Waals surface area (Å²) in [5, 5.41) is 0. The molecule has 0 saturated carbocycles. The third kappa shape index (κ3) is 8.44. The molecule has 12 heteroatoms. The average molecular weight is 598 g/mol. The summed E-state index contributed by atoms with van der Waals surface area (Å²) >= 11 is 0. The van der Waals surface area contributed by atoms with Crippen molar-refractivity contribution in [1.29, 1.82) is 0 Å². The van der Waals surface area contributed by atoms with Crippen LogP contribution >= 0.6 is 0 Å². The predicted octanol–water partition coefficient (Wildman–Crippen LogP) is 2.41. The van der Waals surface area contributed by atoms with Gasteiger partial charge in [-0.3, -0.25) is 14.4 Å². The Hall–Kier alpha value is -3.18. The molecule has 9 atom stereocenters. The van der Waals surface area contributed by atoms with Crippen LogP contribution in [0.3, 0.4) is 0 Å². The maximum atomic E-state index is 13.4. The molecule has 42 heavy (non-hydrogen) atoms. The highest BCUT2D eigenvalue weighted by molar-refractivity contribution is 5.93. The zero-order valence-corrected chi connectivity index (χ0v) is 27.3. The summed E-state index contributed by atoms with van der Waals surface area (Å²) in [6.45, 7) is 15.0. The van der Waals surface area contributed by atoms with Crippen LogP contribution in [0.5, 0.6) is 0 Å². The lowest BCUT2D eigenvalue weighted by molar-refractivity contribution is -0.177. The van der Waals surface area contributed by atoms with E-state index in [0.29, 0.717) is 19.3 Å². The molecule has 1 saturated heterocycles. The number of hydrogen-bond donors (Lipinski definition) is 0. The van der Waals surface area contributed by atoms with Crippen molar-refractivity contribution in [3.63, 3.8) is 0 Å². The van der Waals surface area contributed by atoms with E-state index in [0.717, 1.165) is 0 Å². The normalized spacial score (nSPS) is 30.1. The van der Waals surface area contributed by atoms with Crippen LogP contribution in [0.2, 0.25) is 0 Å². The molecule has 0 spiro atoms. The Labute approximate surface area is 250 Å². The van der Waals surface area contributed by atoms with Crippen molar-refractivity contribution < 1.29 is 43.0 Å². The van der Waals surface area contributed by atoms with E-state index in [4.69, 9.17) is 14.2 Å². The van der Waals surface area contributed by atoms with E-state index in [9.17, 15) is 28.8 Å². The van der Waals surface area contributed by atoms with Gasteiger partial charge < -0.3 is 28.9 Å². The molecule has 0 unspecified atom stereocenters. The molecule has 0 bridgehead atoms. The number of rotatable bonds is 6. The summed E-state index contributed by atoms with van der Waals surface area (Å²) in [5.41, 5.74) is 0. The molecule has 1 aliphatic rings. The minimum absolute atomic E-state index is 0.360. The van der Waals surface area contributed by atoms with Crippen LogP contribution in [-0.2, 0) is 43.0 Å². The van der Waals surface area contributed by atoms with Gasteiger partial charge >= 0.3 is 17.9 Å². The molecule has 0 radical (unpaired) electrons. The Morgan fingerprint density at radius 3 is 0.857 bits per heavy atom. The van der Waals surface area contributed by atoms with E-state index in [1.165, 1.54) is 56.6 Å². The molecule has 12 nitrogen and oxygen atoms in total. The molecule has 1 heterocycles. The fraction of sp³-hybridized carbons (Fsp3) is 0.800. The highest BCUT2D eigenvalue weighted by Crippen LogP contribution is 2.23. The third-order valence-corrected chi connectivity index (χ3v) is 8.49. The van der Waals surface area contributed by atoms with Gasteiger partial charge in [0.25, 0.3) is 17.7 Å². The van der Waals surface area contributed by atoms with Crippen molar-refractivity contribution >= 4 is 35.6 Å². The van der Waals surface area contributed by atoms with E-state index < -0.39 is 72.1 Å². The van der Waals surface area contributed by atoms with E-state index in [2.05, 4.69) is 0 Å². The SMILES string of the molecule is CC[C@H](C)[C@H]1C(=O)O[C@H](C)C(=O)N(C)[C@@H]([C@@H](C)CC)C(=O)O[C@H](C)C(=O)N(C)[C@@H]([C@@H](C)CC)C(=O)O[C@H](C)C(=O)N1C. The topological polar surface area (TPSA) is 140 Å². The molecule has 0 aromatic heterocycles. The maximum absolute atomic E-state index is 13.4. The Morgan fingerprint density at radius 2 is 0.690 bits per heavy atom. The van der Waals surface area contributed by atoms with E-state index in [1.807, 2.05) is 20.8 Å². The number of carbonyl (C=O) groups is 6. The minimum atomic E-state index is -1.28. The van der Waals surface area contributed by atoms with Crippen LogP contribution in [0, 0.1) is 17.8 Å². The minimum Gasteiger partial charge on any atom is -0.451 e. The van der Waals surface area contributed by atoms with E-state index >= 15 is 0 Å². The summed E-state index contributed by atoms with van der Waals surface area (Å²) in [7, 11) is 4.25. The Morgan fingerprint density at radius 1 is 0.500 bits per heavy atom. The molecular formula is C30H51N3O9. The number of nitrogens with zero attached hydrogens (tertiary/aromatic N) is 3. The summed E-state index contributed by atoms with van der Waals surface area (Å²) in [4.78, 5) is 84.0. The van der Waals surface area contributed by atoms with Gasteiger partial charge in [-0.05, 0) is 38.5 Å². The highest BCUT2D eigenvalue weighted by Gasteiger charge is 2.42. The highest BCUT2D eigenvalue weighted by atomic mass is 16.6. The number of cyclic esters (lactones) is 3.